The minimum Gasteiger partial charge on any atom is -0.504 e. The normalized spacial score (nSPS) is 11.6. The lowest BCUT2D eigenvalue weighted by Crippen LogP contribution is -2.11. The van der Waals surface area contributed by atoms with Crippen molar-refractivity contribution in [2.24, 2.45) is 11.8 Å². The van der Waals surface area contributed by atoms with Gasteiger partial charge in [0, 0.05) is 12.1 Å². The van der Waals surface area contributed by atoms with E-state index in [9.17, 15) is 5.11 Å². The topological polar surface area (TPSA) is 38.0 Å². The summed E-state index contributed by atoms with van der Waals surface area (Å²) in [5.41, 5.74) is 3.84. The molecular formula is C18H26N2O. The molecule has 0 aliphatic heterocycles. The summed E-state index contributed by atoms with van der Waals surface area (Å²) < 4.78 is 1.98. The molecule has 0 amide bonds. The van der Waals surface area contributed by atoms with Crippen molar-refractivity contribution in [2.75, 3.05) is 0 Å². The van der Waals surface area contributed by atoms with Crippen LogP contribution in [-0.2, 0) is 13.0 Å². The van der Waals surface area contributed by atoms with E-state index in [4.69, 9.17) is 0 Å². The predicted octanol–water partition coefficient (Wildman–Crippen LogP) is 4.42. The summed E-state index contributed by atoms with van der Waals surface area (Å²) in [6.45, 7) is 11.6. The lowest BCUT2D eigenvalue weighted by molar-refractivity contribution is 0.432. The first-order chi connectivity index (χ1) is 9.88. The van der Waals surface area contributed by atoms with Crippen molar-refractivity contribution in [3.05, 3.63) is 35.5 Å². The Morgan fingerprint density at radius 1 is 1.05 bits per heavy atom. The summed E-state index contributed by atoms with van der Waals surface area (Å²) in [5, 5.41) is 15.3. The Labute approximate surface area is 127 Å². The zero-order chi connectivity index (χ0) is 15.6. The fourth-order valence-corrected chi connectivity index (χ4v) is 2.48. The van der Waals surface area contributed by atoms with Gasteiger partial charge in [-0.05, 0) is 25.2 Å². The third-order valence-corrected chi connectivity index (χ3v) is 3.49. The predicted molar refractivity (Wildman–Crippen MR) is 87.4 cm³/mol. The molecule has 0 spiro atoms. The number of nitrogens with zero attached hydrogens (tertiary/aromatic N) is 2. The van der Waals surface area contributed by atoms with Gasteiger partial charge in [-0.15, -0.1) is 0 Å². The van der Waals surface area contributed by atoms with E-state index in [-0.39, 0.29) is 0 Å². The standard InChI is InChI=1S/C18H26N2O/c1-12(2)10-16-18(21)17(19-20(16)11-13(3)4)15-8-6-14(5)7-9-15/h6-9,12-13,21H,10-11H2,1-5H3. The van der Waals surface area contributed by atoms with Crippen LogP contribution >= 0.6 is 0 Å². The maximum absolute atomic E-state index is 10.6. The molecule has 0 fully saturated rings. The Morgan fingerprint density at radius 3 is 2.19 bits per heavy atom. The SMILES string of the molecule is Cc1ccc(-c2nn(CC(C)C)c(CC(C)C)c2O)cc1. The first kappa shape index (κ1) is 15.6. The summed E-state index contributed by atoms with van der Waals surface area (Å²) in [6, 6.07) is 8.16. The molecule has 0 aliphatic carbocycles. The number of benzene rings is 1. The number of rotatable bonds is 5. The Balaban J connectivity index is 2.46. The zero-order valence-corrected chi connectivity index (χ0v) is 13.7. The van der Waals surface area contributed by atoms with E-state index in [2.05, 4.69) is 51.9 Å². The van der Waals surface area contributed by atoms with Crippen LogP contribution in [0.2, 0.25) is 0 Å². The van der Waals surface area contributed by atoms with Crippen LogP contribution in [0.25, 0.3) is 11.3 Å². The van der Waals surface area contributed by atoms with Crippen molar-refractivity contribution < 1.29 is 5.11 Å². The van der Waals surface area contributed by atoms with Crippen LogP contribution < -0.4 is 0 Å². The number of aromatic nitrogens is 2. The van der Waals surface area contributed by atoms with Crippen molar-refractivity contribution >= 4 is 0 Å². The summed E-state index contributed by atoms with van der Waals surface area (Å²) >= 11 is 0. The van der Waals surface area contributed by atoms with Crippen LogP contribution in [0.3, 0.4) is 0 Å². The third kappa shape index (κ3) is 3.66. The van der Waals surface area contributed by atoms with E-state index < -0.39 is 0 Å². The van der Waals surface area contributed by atoms with E-state index in [1.165, 1.54) is 5.56 Å². The van der Waals surface area contributed by atoms with Crippen LogP contribution in [0.4, 0.5) is 0 Å². The Bertz CT molecular complexity index is 594. The molecule has 0 radical (unpaired) electrons. The molecule has 0 saturated carbocycles. The van der Waals surface area contributed by atoms with Crippen LogP contribution in [0, 0.1) is 18.8 Å². The van der Waals surface area contributed by atoms with Crippen LogP contribution in [-0.4, -0.2) is 14.9 Å². The Morgan fingerprint density at radius 2 is 1.67 bits per heavy atom. The summed E-state index contributed by atoms with van der Waals surface area (Å²) in [4.78, 5) is 0. The quantitative estimate of drug-likeness (QED) is 0.883. The highest BCUT2D eigenvalue weighted by Gasteiger charge is 2.19. The minimum atomic E-state index is 0.341. The second-order valence-electron chi connectivity index (χ2n) is 6.68. The van der Waals surface area contributed by atoms with Crippen molar-refractivity contribution in [1.82, 2.24) is 9.78 Å². The van der Waals surface area contributed by atoms with Crippen molar-refractivity contribution in [3.8, 4) is 17.0 Å². The maximum Gasteiger partial charge on any atom is 0.164 e. The highest BCUT2D eigenvalue weighted by Crippen LogP contribution is 2.33. The molecule has 21 heavy (non-hydrogen) atoms. The average Bonchev–Trinajstić information content (AvgIpc) is 2.67. The third-order valence-electron chi connectivity index (χ3n) is 3.49. The van der Waals surface area contributed by atoms with Gasteiger partial charge in [-0.3, -0.25) is 4.68 Å². The van der Waals surface area contributed by atoms with Gasteiger partial charge in [-0.25, -0.2) is 0 Å². The van der Waals surface area contributed by atoms with Gasteiger partial charge in [-0.2, -0.15) is 5.10 Å². The molecule has 0 bridgehead atoms. The largest absolute Gasteiger partial charge is 0.504 e. The molecule has 2 rings (SSSR count). The van der Waals surface area contributed by atoms with Crippen LogP contribution in [0.5, 0.6) is 5.75 Å². The van der Waals surface area contributed by atoms with E-state index in [1.54, 1.807) is 0 Å². The highest BCUT2D eigenvalue weighted by atomic mass is 16.3. The molecular weight excluding hydrogens is 260 g/mol. The molecule has 1 heterocycles. The molecule has 0 atom stereocenters. The molecule has 1 N–H and O–H groups in total. The van der Waals surface area contributed by atoms with E-state index in [0.717, 1.165) is 24.2 Å². The molecule has 0 saturated heterocycles. The Hall–Kier alpha value is -1.77. The lowest BCUT2D eigenvalue weighted by atomic mass is 10.0. The number of hydrogen-bond donors (Lipinski definition) is 1. The highest BCUT2D eigenvalue weighted by molar-refractivity contribution is 5.67. The molecule has 114 valence electrons. The minimum absolute atomic E-state index is 0.341. The molecule has 1 aromatic heterocycles. The Kier molecular flexibility index (Phi) is 4.71. The second-order valence-corrected chi connectivity index (χ2v) is 6.68. The van der Waals surface area contributed by atoms with Crippen LogP contribution in [0.15, 0.2) is 24.3 Å². The fourth-order valence-electron chi connectivity index (χ4n) is 2.48. The van der Waals surface area contributed by atoms with Gasteiger partial charge in [-0.1, -0.05) is 57.5 Å². The van der Waals surface area contributed by atoms with Gasteiger partial charge in [0.15, 0.2) is 5.75 Å². The maximum atomic E-state index is 10.6. The van der Waals surface area contributed by atoms with Gasteiger partial charge in [0.05, 0.1) is 5.69 Å². The monoisotopic (exact) mass is 286 g/mol. The van der Waals surface area contributed by atoms with Crippen molar-refractivity contribution in [2.45, 2.75) is 47.6 Å². The smallest absolute Gasteiger partial charge is 0.164 e. The summed E-state index contributed by atoms with van der Waals surface area (Å²) in [7, 11) is 0. The lowest BCUT2D eigenvalue weighted by Gasteiger charge is -2.11. The molecule has 2 aromatic rings. The van der Waals surface area contributed by atoms with Crippen molar-refractivity contribution in [3.63, 3.8) is 0 Å². The summed E-state index contributed by atoms with van der Waals surface area (Å²) in [5.74, 6) is 1.33. The van der Waals surface area contributed by atoms with Gasteiger partial charge in [0.2, 0.25) is 0 Å². The number of aromatic hydroxyl groups is 1. The first-order valence-electron chi connectivity index (χ1n) is 7.74. The second kappa shape index (κ2) is 6.33. The van der Waals surface area contributed by atoms with E-state index in [0.29, 0.717) is 23.3 Å². The fraction of sp³-hybridized carbons (Fsp3) is 0.500. The molecule has 0 aliphatic rings. The van der Waals surface area contributed by atoms with Gasteiger partial charge in [0.25, 0.3) is 0 Å². The average molecular weight is 286 g/mol. The molecule has 3 heteroatoms. The van der Waals surface area contributed by atoms with Crippen molar-refractivity contribution in [1.29, 1.82) is 0 Å². The van der Waals surface area contributed by atoms with E-state index >= 15 is 0 Å². The van der Waals surface area contributed by atoms with Gasteiger partial charge < -0.3 is 5.11 Å². The zero-order valence-electron chi connectivity index (χ0n) is 13.7. The number of aryl methyl sites for hydroxylation is 1. The van der Waals surface area contributed by atoms with Gasteiger partial charge in [0.1, 0.15) is 5.69 Å². The molecule has 3 nitrogen and oxygen atoms in total. The van der Waals surface area contributed by atoms with E-state index in [1.807, 2.05) is 16.8 Å². The molecule has 1 aromatic carbocycles. The summed E-state index contributed by atoms with van der Waals surface area (Å²) in [6.07, 6.45) is 0.845. The van der Waals surface area contributed by atoms with Crippen LogP contribution in [0.1, 0.15) is 39.0 Å². The number of hydrogen-bond acceptors (Lipinski definition) is 2. The van der Waals surface area contributed by atoms with Gasteiger partial charge >= 0.3 is 0 Å². The molecule has 0 unspecified atom stereocenters. The first-order valence-corrected chi connectivity index (χ1v) is 7.74.